The Morgan fingerprint density at radius 2 is 1.72 bits per heavy atom. The van der Waals surface area contributed by atoms with Crippen molar-refractivity contribution in [2.24, 2.45) is 45.8 Å². The summed E-state index contributed by atoms with van der Waals surface area (Å²) in [5, 5.41) is 10.3. The van der Waals surface area contributed by atoms with Gasteiger partial charge in [-0.2, -0.15) is 0 Å². The van der Waals surface area contributed by atoms with E-state index in [9.17, 15) is 5.11 Å². The monoisotopic (exact) mass is 400 g/mol. The lowest BCUT2D eigenvalue weighted by molar-refractivity contribution is -0.0560. The van der Waals surface area contributed by atoms with Crippen LogP contribution in [0.5, 0.6) is 0 Å². The normalized spacial score (nSPS) is 47.9. The molecule has 0 aliphatic heterocycles. The van der Waals surface area contributed by atoms with Gasteiger partial charge in [-0.1, -0.05) is 72.5 Å². The highest BCUT2D eigenvalue weighted by atomic mass is 16.3. The summed E-state index contributed by atoms with van der Waals surface area (Å²) >= 11 is 0. The summed E-state index contributed by atoms with van der Waals surface area (Å²) in [6.07, 6.45) is 17.1. The van der Waals surface area contributed by atoms with Crippen molar-refractivity contribution in [3.05, 3.63) is 11.6 Å². The van der Waals surface area contributed by atoms with Gasteiger partial charge >= 0.3 is 0 Å². The first-order chi connectivity index (χ1) is 13.6. The number of allylic oxidation sites excluding steroid dienone is 2. The van der Waals surface area contributed by atoms with E-state index in [-0.39, 0.29) is 6.10 Å². The van der Waals surface area contributed by atoms with Gasteiger partial charge in [0.15, 0.2) is 0 Å². The summed E-state index contributed by atoms with van der Waals surface area (Å²) in [5.41, 5.74) is 3.16. The molecule has 1 nitrogen and oxygen atoms in total. The average molecular weight is 401 g/mol. The topological polar surface area (TPSA) is 20.2 Å². The second-order valence-electron chi connectivity index (χ2n) is 12.8. The Morgan fingerprint density at radius 3 is 2.45 bits per heavy atom. The van der Waals surface area contributed by atoms with Gasteiger partial charge in [0.2, 0.25) is 0 Å². The van der Waals surface area contributed by atoms with Crippen LogP contribution in [0.15, 0.2) is 11.6 Å². The van der Waals surface area contributed by atoms with Crippen molar-refractivity contribution >= 4 is 0 Å². The molecule has 1 N–H and O–H groups in total. The number of fused-ring (bicyclic) bond motifs is 5. The van der Waals surface area contributed by atoms with Crippen LogP contribution < -0.4 is 0 Å². The third-order valence-electron chi connectivity index (χ3n) is 11.0. The number of rotatable bonds is 5. The molecule has 8 atom stereocenters. The van der Waals surface area contributed by atoms with E-state index in [1.807, 2.05) is 5.57 Å². The van der Waals surface area contributed by atoms with Gasteiger partial charge in [-0.25, -0.2) is 0 Å². The maximum atomic E-state index is 10.3. The quantitative estimate of drug-likeness (QED) is 0.467. The molecule has 0 aromatic heterocycles. The second kappa shape index (κ2) is 7.68. The van der Waals surface area contributed by atoms with Crippen molar-refractivity contribution in [3.8, 4) is 0 Å². The Kier molecular flexibility index (Phi) is 5.81. The zero-order valence-electron chi connectivity index (χ0n) is 20.3. The SMILES string of the molecule is CC(C)CCC[C@@H](C)[C@H]1CC[C@@]2(C)C3CCC4C[C@@H](O)CC[C@]4(C)C3=CC[C@]12C. The summed E-state index contributed by atoms with van der Waals surface area (Å²) < 4.78 is 0. The first-order valence-corrected chi connectivity index (χ1v) is 13.0. The van der Waals surface area contributed by atoms with E-state index >= 15 is 0 Å². The molecule has 0 aromatic rings. The van der Waals surface area contributed by atoms with Crippen LogP contribution >= 0.6 is 0 Å². The summed E-state index contributed by atoms with van der Waals surface area (Å²) in [6, 6.07) is 0. The molecule has 29 heavy (non-hydrogen) atoms. The number of hydrogen-bond donors (Lipinski definition) is 1. The molecule has 4 rings (SSSR count). The highest BCUT2D eigenvalue weighted by molar-refractivity contribution is 5.31. The Morgan fingerprint density at radius 1 is 0.966 bits per heavy atom. The number of aliphatic hydroxyl groups is 1. The molecule has 0 radical (unpaired) electrons. The van der Waals surface area contributed by atoms with Crippen molar-refractivity contribution < 1.29 is 5.11 Å². The van der Waals surface area contributed by atoms with Gasteiger partial charge in [0.25, 0.3) is 0 Å². The summed E-state index contributed by atoms with van der Waals surface area (Å²) in [5.74, 6) is 4.12. The minimum atomic E-state index is -0.0442. The summed E-state index contributed by atoms with van der Waals surface area (Å²) in [4.78, 5) is 0. The van der Waals surface area contributed by atoms with E-state index in [2.05, 4.69) is 47.6 Å². The Bertz CT molecular complexity index is 634. The molecule has 0 bridgehead atoms. The van der Waals surface area contributed by atoms with Gasteiger partial charge in [-0.3, -0.25) is 0 Å². The fraction of sp³-hybridized carbons (Fsp3) is 0.929. The van der Waals surface area contributed by atoms with Gasteiger partial charge < -0.3 is 5.11 Å². The van der Waals surface area contributed by atoms with Crippen molar-refractivity contribution in [3.63, 3.8) is 0 Å². The molecular formula is C28H48O. The van der Waals surface area contributed by atoms with E-state index in [1.54, 1.807) is 0 Å². The molecular weight excluding hydrogens is 352 g/mol. The lowest BCUT2D eigenvalue weighted by Crippen LogP contribution is -2.53. The maximum absolute atomic E-state index is 10.3. The van der Waals surface area contributed by atoms with E-state index < -0.39 is 0 Å². The molecule has 2 unspecified atom stereocenters. The van der Waals surface area contributed by atoms with Crippen molar-refractivity contribution in [1.82, 2.24) is 0 Å². The minimum absolute atomic E-state index is 0.0442. The van der Waals surface area contributed by atoms with E-state index in [0.717, 1.165) is 36.5 Å². The standard InChI is InChI=1S/C28H48O/c1-19(2)8-7-9-20(3)23-13-16-28(6)25-11-10-21-18-22(29)12-15-26(21,4)24(25)14-17-27(23,28)5/h14,19-23,25,29H,7-13,15-18H2,1-6H3/t20-,21?,22+,23-,25?,26+,27-,28+/m1/s1. The van der Waals surface area contributed by atoms with Gasteiger partial charge in [-0.05, 0) is 97.2 Å². The molecule has 3 fully saturated rings. The van der Waals surface area contributed by atoms with Crippen molar-refractivity contribution in [1.29, 1.82) is 0 Å². The molecule has 0 amide bonds. The molecule has 0 heterocycles. The maximum Gasteiger partial charge on any atom is 0.0543 e. The van der Waals surface area contributed by atoms with Crippen LogP contribution in [-0.2, 0) is 0 Å². The van der Waals surface area contributed by atoms with E-state index in [0.29, 0.717) is 22.2 Å². The van der Waals surface area contributed by atoms with E-state index in [1.165, 1.54) is 57.8 Å². The largest absolute Gasteiger partial charge is 0.393 e. The Labute approximate surface area is 181 Å². The van der Waals surface area contributed by atoms with Gasteiger partial charge in [0.1, 0.15) is 0 Å². The second-order valence-corrected chi connectivity index (χ2v) is 12.8. The fourth-order valence-electron chi connectivity index (χ4n) is 8.88. The third kappa shape index (κ3) is 3.37. The molecule has 0 aromatic carbocycles. The zero-order chi connectivity index (χ0) is 21.0. The lowest BCUT2D eigenvalue weighted by atomic mass is 9.44. The molecule has 4 aliphatic carbocycles. The third-order valence-corrected chi connectivity index (χ3v) is 11.0. The predicted octanol–water partition coefficient (Wildman–Crippen LogP) is 7.78. The van der Waals surface area contributed by atoms with E-state index in [4.69, 9.17) is 0 Å². The highest BCUT2D eigenvalue weighted by Crippen LogP contribution is 2.71. The average Bonchev–Trinajstić information content (AvgIpc) is 2.93. The smallest absolute Gasteiger partial charge is 0.0543 e. The predicted molar refractivity (Wildman–Crippen MR) is 124 cm³/mol. The van der Waals surface area contributed by atoms with Crippen molar-refractivity contribution in [2.75, 3.05) is 0 Å². The number of hydrogen-bond acceptors (Lipinski definition) is 1. The van der Waals surface area contributed by atoms with Crippen LogP contribution in [0.2, 0.25) is 0 Å². The summed E-state index contributed by atoms with van der Waals surface area (Å²) in [6.45, 7) is 15.2. The molecule has 3 saturated carbocycles. The minimum Gasteiger partial charge on any atom is -0.393 e. The van der Waals surface area contributed by atoms with Crippen LogP contribution in [0.4, 0.5) is 0 Å². The Hall–Kier alpha value is -0.300. The Balaban J connectivity index is 1.57. The molecule has 1 heteroatoms. The summed E-state index contributed by atoms with van der Waals surface area (Å²) in [7, 11) is 0. The van der Waals surface area contributed by atoms with Crippen LogP contribution in [0.1, 0.15) is 112 Å². The molecule has 0 saturated heterocycles. The molecule has 4 aliphatic rings. The zero-order valence-corrected chi connectivity index (χ0v) is 20.3. The van der Waals surface area contributed by atoms with Gasteiger partial charge in [-0.15, -0.1) is 0 Å². The van der Waals surface area contributed by atoms with Crippen LogP contribution in [0.25, 0.3) is 0 Å². The first-order valence-electron chi connectivity index (χ1n) is 13.0. The van der Waals surface area contributed by atoms with Crippen LogP contribution in [0.3, 0.4) is 0 Å². The first kappa shape index (κ1) is 21.9. The molecule has 0 spiro atoms. The number of aliphatic hydroxyl groups excluding tert-OH is 1. The van der Waals surface area contributed by atoms with Gasteiger partial charge in [0.05, 0.1) is 6.10 Å². The van der Waals surface area contributed by atoms with Crippen LogP contribution in [-0.4, -0.2) is 11.2 Å². The fourth-order valence-corrected chi connectivity index (χ4v) is 8.88. The van der Waals surface area contributed by atoms with Crippen molar-refractivity contribution in [2.45, 2.75) is 118 Å². The van der Waals surface area contributed by atoms with Crippen LogP contribution in [0, 0.1) is 45.8 Å². The lowest BCUT2D eigenvalue weighted by Gasteiger charge is -2.61. The molecule has 166 valence electrons. The van der Waals surface area contributed by atoms with Gasteiger partial charge in [0, 0.05) is 0 Å². The highest BCUT2D eigenvalue weighted by Gasteiger charge is 2.63.